The maximum absolute atomic E-state index is 12.4. The molecule has 0 unspecified atom stereocenters. The van der Waals surface area contributed by atoms with Crippen LogP contribution in [0, 0.1) is 0 Å². The van der Waals surface area contributed by atoms with Gasteiger partial charge in [-0.15, -0.1) is 6.58 Å². The fourth-order valence-corrected chi connectivity index (χ4v) is 2.27. The zero-order valence-electron chi connectivity index (χ0n) is 11.5. The molecule has 0 bridgehead atoms. The lowest BCUT2D eigenvalue weighted by atomic mass is 10.3. The lowest BCUT2D eigenvalue weighted by molar-refractivity contribution is -0.120. The Hall–Kier alpha value is -2.07. The number of nitrogens with zero attached hydrogens (tertiary/aromatic N) is 1. The number of para-hydroxylation sites is 2. The van der Waals surface area contributed by atoms with Crippen molar-refractivity contribution in [2.24, 2.45) is 0 Å². The third kappa shape index (κ3) is 4.20. The van der Waals surface area contributed by atoms with Crippen molar-refractivity contribution in [1.82, 2.24) is 0 Å². The summed E-state index contributed by atoms with van der Waals surface area (Å²) in [5.74, 6) is 0.536. The highest BCUT2D eigenvalue weighted by atomic mass is 79.9. The third-order valence-electron chi connectivity index (χ3n) is 2.87. The van der Waals surface area contributed by atoms with Crippen LogP contribution < -0.4 is 9.64 Å². The van der Waals surface area contributed by atoms with E-state index in [0.29, 0.717) is 12.3 Å². The Morgan fingerprint density at radius 1 is 1.14 bits per heavy atom. The highest BCUT2D eigenvalue weighted by molar-refractivity contribution is 9.10. The maximum atomic E-state index is 12.4. The normalized spacial score (nSPS) is 9.95. The molecule has 108 valence electrons. The minimum Gasteiger partial charge on any atom is -0.483 e. The van der Waals surface area contributed by atoms with Crippen LogP contribution in [0.5, 0.6) is 5.75 Å². The summed E-state index contributed by atoms with van der Waals surface area (Å²) in [6, 6.07) is 16.9. The van der Waals surface area contributed by atoms with Crippen LogP contribution in [0.25, 0.3) is 0 Å². The second kappa shape index (κ2) is 7.64. The molecule has 0 fully saturated rings. The van der Waals surface area contributed by atoms with Crippen LogP contribution in [0.15, 0.2) is 71.7 Å². The van der Waals surface area contributed by atoms with Crippen LogP contribution in [-0.2, 0) is 4.79 Å². The molecular weight excluding hydrogens is 330 g/mol. The minimum absolute atomic E-state index is 0.0225. The molecule has 2 aromatic rings. The molecule has 2 rings (SSSR count). The molecule has 0 spiro atoms. The first-order valence-corrected chi connectivity index (χ1v) is 7.35. The number of benzene rings is 2. The number of hydrogen-bond donors (Lipinski definition) is 0. The summed E-state index contributed by atoms with van der Waals surface area (Å²) in [4.78, 5) is 14.0. The van der Waals surface area contributed by atoms with Crippen LogP contribution in [0.3, 0.4) is 0 Å². The summed E-state index contributed by atoms with van der Waals surface area (Å²) in [6.07, 6.45) is 1.70. The van der Waals surface area contributed by atoms with Gasteiger partial charge < -0.3 is 9.64 Å². The standard InChI is InChI=1S/C17H16BrNO2/c1-2-12-19(14-8-4-3-5-9-14)17(20)13-21-16-11-7-6-10-15(16)18/h2-11H,1,12-13H2. The number of anilines is 1. The first-order chi connectivity index (χ1) is 10.2. The second-order valence-corrected chi connectivity index (χ2v) is 5.20. The van der Waals surface area contributed by atoms with Gasteiger partial charge in [0, 0.05) is 12.2 Å². The smallest absolute Gasteiger partial charge is 0.265 e. The number of carbonyl (C=O) groups excluding carboxylic acids is 1. The molecule has 0 heterocycles. The van der Waals surface area contributed by atoms with E-state index < -0.39 is 0 Å². The van der Waals surface area contributed by atoms with Gasteiger partial charge in [-0.3, -0.25) is 4.79 Å². The average Bonchev–Trinajstić information content (AvgIpc) is 2.52. The van der Waals surface area contributed by atoms with Crippen LogP contribution in [0.4, 0.5) is 5.69 Å². The van der Waals surface area contributed by atoms with Crippen molar-refractivity contribution in [3.05, 3.63) is 71.7 Å². The molecule has 0 aliphatic carbocycles. The van der Waals surface area contributed by atoms with E-state index in [2.05, 4.69) is 22.5 Å². The first-order valence-electron chi connectivity index (χ1n) is 6.56. The average molecular weight is 346 g/mol. The third-order valence-corrected chi connectivity index (χ3v) is 3.52. The fraction of sp³-hybridized carbons (Fsp3) is 0.118. The molecule has 0 saturated heterocycles. The zero-order valence-corrected chi connectivity index (χ0v) is 13.1. The Labute approximate surface area is 133 Å². The number of rotatable bonds is 6. The van der Waals surface area contributed by atoms with Gasteiger partial charge in [0.1, 0.15) is 5.75 Å². The largest absolute Gasteiger partial charge is 0.483 e. The quantitative estimate of drug-likeness (QED) is 0.739. The summed E-state index contributed by atoms with van der Waals surface area (Å²) in [7, 11) is 0. The molecule has 2 aromatic carbocycles. The van der Waals surface area contributed by atoms with E-state index in [1.807, 2.05) is 54.6 Å². The molecule has 0 radical (unpaired) electrons. The highest BCUT2D eigenvalue weighted by Crippen LogP contribution is 2.24. The number of amides is 1. The van der Waals surface area contributed by atoms with Gasteiger partial charge in [-0.05, 0) is 40.2 Å². The number of hydrogen-bond acceptors (Lipinski definition) is 2. The second-order valence-electron chi connectivity index (χ2n) is 4.35. The Bertz CT molecular complexity index is 613. The topological polar surface area (TPSA) is 29.5 Å². The van der Waals surface area contributed by atoms with Crippen molar-refractivity contribution < 1.29 is 9.53 Å². The van der Waals surface area contributed by atoms with E-state index in [1.54, 1.807) is 11.0 Å². The summed E-state index contributed by atoms with van der Waals surface area (Å²) < 4.78 is 6.40. The molecule has 1 amide bonds. The SMILES string of the molecule is C=CCN(C(=O)COc1ccccc1Br)c1ccccc1. The molecule has 0 N–H and O–H groups in total. The maximum Gasteiger partial charge on any atom is 0.265 e. The summed E-state index contributed by atoms with van der Waals surface area (Å²) in [6.45, 7) is 4.12. The lowest BCUT2D eigenvalue weighted by Gasteiger charge is -2.21. The van der Waals surface area contributed by atoms with Gasteiger partial charge in [0.05, 0.1) is 4.47 Å². The molecule has 0 aromatic heterocycles. The Morgan fingerprint density at radius 2 is 1.81 bits per heavy atom. The predicted octanol–water partition coefficient (Wildman–Crippen LogP) is 4.05. The molecule has 4 heteroatoms. The van der Waals surface area contributed by atoms with Gasteiger partial charge in [-0.25, -0.2) is 0 Å². The van der Waals surface area contributed by atoms with Gasteiger partial charge in [0.2, 0.25) is 0 Å². The fourth-order valence-electron chi connectivity index (χ4n) is 1.87. The minimum atomic E-state index is -0.114. The number of carbonyl (C=O) groups is 1. The highest BCUT2D eigenvalue weighted by Gasteiger charge is 2.15. The van der Waals surface area contributed by atoms with Crippen molar-refractivity contribution in [3.8, 4) is 5.75 Å². The van der Waals surface area contributed by atoms with Crippen molar-refractivity contribution >= 4 is 27.5 Å². The molecule has 21 heavy (non-hydrogen) atoms. The van der Waals surface area contributed by atoms with Gasteiger partial charge in [-0.1, -0.05) is 36.4 Å². The summed E-state index contributed by atoms with van der Waals surface area (Å²) >= 11 is 3.39. The molecule has 0 aliphatic heterocycles. The summed E-state index contributed by atoms with van der Waals surface area (Å²) in [5, 5.41) is 0. The Kier molecular flexibility index (Phi) is 5.58. The zero-order chi connectivity index (χ0) is 15.1. The Morgan fingerprint density at radius 3 is 2.48 bits per heavy atom. The summed E-state index contributed by atoms with van der Waals surface area (Å²) in [5.41, 5.74) is 0.832. The Balaban J connectivity index is 2.06. The van der Waals surface area contributed by atoms with Crippen LogP contribution in [0.2, 0.25) is 0 Å². The van der Waals surface area contributed by atoms with E-state index in [4.69, 9.17) is 4.74 Å². The van der Waals surface area contributed by atoms with Gasteiger partial charge >= 0.3 is 0 Å². The van der Waals surface area contributed by atoms with E-state index in [-0.39, 0.29) is 12.5 Å². The van der Waals surface area contributed by atoms with E-state index >= 15 is 0 Å². The first kappa shape index (κ1) is 15.3. The van der Waals surface area contributed by atoms with Crippen LogP contribution >= 0.6 is 15.9 Å². The predicted molar refractivity (Wildman–Crippen MR) is 88.6 cm³/mol. The molecule has 0 saturated carbocycles. The van der Waals surface area contributed by atoms with Crippen molar-refractivity contribution in [2.45, 2.75) is 0 Å². The van der Waals surface area contributed by atoms with Crippen LogP contribution in [0.1, 0.15) is 0 Å². The van der Waals surface area contributed by atoms with E-state index in [0.717, 1.165) is 10.2 Å². The molecular formula is C17H16BrNO2. The monoisotopic (exact) mass is 345 g/mol. The van der Waals surface area contributed by atoms with Crippen molar-refractivity contribution in [3.63, 3.8) is 0 Å². The van der Waals surface area contributed by atoms with Crippen molar-refractivity contribution in [1.29, 1.82) is 0 Å². The molecule has 0 aliphatic rings. The van der Waals surface area contributed by atoms with E-state index in [1.165, 1.54) is 0 Å². The van der Waals surface area contributed by atoms with Crippen LogP contribution in [-0.4, -0.2) is 19.1 Å². The van der Waals surface area contributed by atoms with Crippen molar-refractivity contribution in [2.75, 3.05) is 18.1 Å². The number of ether oxygens (including phenoxy) is 1. The number of halogens is 1. The lowest BCUT2D eigenvalue weighted by Crippen LogP contribution is -2.35. The molecule has 0 atom stereocenters. The van der Waals surface area contributed by atoms with Gasteiger partial charge in [-0.2, -0.15) is 0 Å². The van der Waals surface area contributed by atoms with Gasteiger partial charge in [0.25, 0.3) is 5.91 Å². The van der Waals surface area contributed by atoms with E-state index in [9.17, 15) is 4.79 Å². The van der Waals surface area contributed by atoms with Gasteiger partial charge in [0.15, 0.2) is 6.61 Å². The molecule has 3 nitrogen and oxygen atoms in total.